The molecule has 0 bridgehead atoms. The number of halogens is 1. The van der Waals surface area contributed by atoms with Gasteiger partial charge in [-0.25, -0.2) is 13.6 Å². The van der Waals surface area contributed by atoms with E-state index < -0.39 is 10.0 Å². The smallest absolute Gasteiger partial charge is 0.265 e. The van der Waals surface area contributed by atoms with Crippen LogP contribution in [0.25, 0.3) is 0 Å². The van der Waals surface area contributed by atoms with Gasteiger partial charge in [0.25, 0.3) is 5.91 Å². The second kappa shape index (κ2) is 5.53. The maximum atomic E-state index is 11.9. The molecule has 0 aliphatic carbocycles. The van der Waals surface area contributed by atoms with Crippen molar-refractivity contribution in [3.05, 3.63) is 45.1 Å². The summed E-state index contributed by atoms with van der Waals surface area (Å²) in [5.41, 5.74) is 0.874. The number of aryl methyl sites for hydroxylation is 1. The van der Waals surface area contributed by atoms with Gasteiger partial charge in [0, 0.05) is 5.69 Å². The van der Waals surface area contributed by atoms with Gasteiger partial charge in [0.1, 0.15) is 0 Å². The second-order valence-corrected chi connectivity index (χ2v) is 7.33. The van der Waals surface area contributed by atoms with Crippen molar-refractivity contribution < 1.29 is 13.2 Å². The van der Waals surface area contributed by atoms with Crippen LogP contribution in [-0.4, -0.2) is 14.3 Å². The van der Waals surface area contributed by atoms with E-state index in [2.05, 4.69) is 5.32 Å². The van der Waals surface area contributed by atoms with Crippen molar-refractivity contribution in [1.82, 2.24) is 0 Å². The van der Waals surface area contributed by atoms with Crippen molar-refractivity contribution in [1.29, 1.82) is 0 Å². The van der Waals surface area contributed by atoms with Crippen molar-refractivity contribution >= 4 is 44.6 Å². The Morgan fingerprint density at radius 3 is 2.55 bits per heavy atom. The number of primary sulfonamides is 1. The van der Waals surface area contributed by atoms with E-state index in [1.807, 2.05) is 0 Å². The molecule has 106 valence electrons. The van der Waals surface area contributed by atoms with Crippen LogP contribution in [0.1, 0.15) is 15.2 Å². The number of benzene rings is 1. The van der Waals surface area contributed by atoms with Gasteiger partial charge in [-0.05, 0) is 36.8 Å². The first-order valence-electron chi connectivity index (χ1n) is 5.47. The summed E-state index contributed by atoms with van der Waals surface area (Å²) in [6.07, 6.45) is 0. The SMILES string of the molecule is Cc1ccc(NC(=O)c2ccc(Cl)s2)cc1S(N)(=O)=O. The zero-order valence-corrected chi connectivity index (χ0v) is 12.8. The Bertz CT molecular complexity index is 769. The molecule has 0 unspecified atom stereocenters. The minimum absolute atomic E-state index is 0.0143. The van der Waals surface area contributed by atoms with E-state index in [0.29, 0.717) is 20.5 Å². The molecule has 0 atom stereocenters. The van der Waals surface area contributed by atoms with E-state index in [0.717, 1.165) is 11.3 Å². The number of nitrogens with one attached hydrogen (secondary N) is 1. The summed E-state index contributed by atoms with van der Waals surface area (Å²) in [7, 11) is -3.82. The molecule has 0 saturated heterocycles. The van der Waals surface area contributed by atoms with E-state index >= 15 is 0 Å². The van der Waals surface area contributed by atoms with Crippen molar-refractivity contribution in [2.75, 3.05) is 5.32 Å². The van der Waals surface area contributed by atoms with E-state index in [1.54, 1.807) is 31.2 Å². The van der Waals surface area contributed by atoms with Crippen molar-refractivity contribution in [2.45, 2.75) is 11.8 Å². The molecule has 0 saturated carbocycles. The van der Waals surface area contributed by atoms with Crippen molar-refractivity contribution in [3.8, 4) is 0 Å². The van der Waals surface area contributed by atoms with Gasteiger partial charge in [-0.3, -0.25) is 4.79 Å². The number of sulfonamides is 1. The van der Waals surface area contributed by atoms with Crippen molar-refractivity contribution in [3.63, 3.8) is 0 Å². The minimum atomic E-state index is -3.82. The highest BCUT2D eigenvalue weighted by Gasteiger charge is 2.14. The van der Waals surface area contributed by atoms with Crippen LogP contribution in [0.15, 0.2) is 35.2 Å². The number of anilines is 1. The van der Waals surface area contributed by atoms with Crippen LogP contribution in [0.3, 0.4) is 0 Å². The fourth-order valence-corrected chi connectivity index (χ4v) is 3.36. The summed E-state index contributed by atoms with van der Waals surface area (Å²) in [5, 5.41) is 7.72. The molecule has 0 fully saturated rings. The lowest BCUT2D eigenvalue weighted by atomic mass is 10.2. The molecule has 2 aromatic rings. The number of nitrogens with two attached hydrogens (primary N) is 1. The minimum Gasteiger partial charge on any atom is -0.321 e. The normalized spacial score (nSPS) is 11.3. The lowest BCUT2D eigenvalue weighted by Gasteiger charge is -2.08. The average Bonchev–Trinajstić information content (AvgIpc) is 2.77. The number of carbonyl (C=O) groups is 1. The fraction of sp³-hybridized carbons (Fsp3) is 0.0833. The molecule has 1 aromatic heterocycles. The first-order valence-corrected chi connectivity index (χ1v) is 8.21. The van der Waals surface area contributed by atoms with Crippen LogP contribution in [0, 0.1) is 6.92 Å². The van der Waals surface area contributed by atoms with E-state index in [1.165, 1.54) is 6.07 Å². The monoisotopic (exact) mass is 330 g/mol. The molecule has 1 aromatic carbocycles. The number of thiophene rings is 1. The molecule has 5 nitrogen and oxygen atoms in total. The van der Waals surface area contributed by atoms with Crippen LogP contribution in [0.5, 0.6) is 0 Å². The van der Waals surface area contributed by atoms with Gasteiger partial charge < -0.3 is 5.32 Å². The fourth-order valence-electron chi connectivity index (χ4n) is 1.61. The van der Waals surface area contributed by atoms with Crippen LogP contribution in [0.2, 0.25) is 4.34 Å². The molecule has 1 heterocycles. The zero-order valence-electron chi connectivity index (χ0n) is 10.4. The summed E-state index contributed by atoms with van der Waals surface area (Å²) in [4.78, 5) is 12.4. The van der Waals surface area contributed by atoms with Gasteiger partial charge in [0.15, 0.2) is 0 Å². The van der Waals surface area contributed by atoms with Crippen LogP contribution >= 0.6 is 22.9 Å². The summed E-state index contributed by atoms with van der Waals surface area (Å²) < 4.78 is 23.3. The summed E-state index contributed by atoms with van der Waals surface area (Å²) in [5.74, 6) is -0.355. The molecule has 0 aliphatic rings. The quantitative estimate of drug-likeness (QED) is 0.906. The highest BCUT2D eigenvalue weighted by molar-refractivity contribution is 7.89. The lowest BCUT2D eigenvalue weighted by molar-refractivity contribution is 0.103. The van der Waals surface area contributed by atoms with Gasteiger partial charge in [-0.1, -0.05) is 17.7 Å². The predicted molar refractivity (Wildman–Crippen MR) is 79.8 cm³/mol. The second-order valence-electron chi connectivity index (χ2n) is 4.08. The molecular formula is C12H11ClN2O3S2. The Morgan fingerprint density at radius 2 is 2.00 bits per heavy atom. The number of amides is 1. The maximum absolute atomic E-state index is 11.9. The van der Waals surface area contributed by atoms with Gasteiger partial charge in [-0.15, -0.1) is 11.3 Å². The Labute approximate surface area is 125 Å². The largest absolute Gasteiger partial charge is 0.321 e. The number of hydrogen-bond donors (Lipinski definition) is 2. The van der Waals surface area contributed by atoms with Crippen LogP contribution < -0.4 is 10.5 Å². The van der Waals surface area contributed by atoms with Gasteiger partial charge in [0.05, 0.1) is 14.1 Å². The molecule has 0 spiro atoms. The first kappa shape index (κ1) is 15.0. The van der Waals surface area contributed by atoms with Crippen molar-refractivity contribution in [2.24, 2.45) is 5.14 Å². The third-order valence-electron chi connectivity index (χ3n) is 2.55. The summed E-state index contributed by atoms with van der Waals surface area (Å²) >= 11 is 6.89. The third-order valence-corrected chi connectivity index (χ3v) is 4.83. The molecule has 0 radical (unpaired) electrons. The standard InChI is InChI=1S/C12H11ClN2O3S2/c1-7-2-3-8(6-10(7)20(14,17)18)15-12(16)9-4-5-11(13)19-9/h2-6H,1H3,(H,15,16)(H2,14,17,18). The Hall–Kier alpha value is -1.41. The average molecular weight is 331 g/mol. The molecular weight excluding hydrogens is 320 g/mol. The topological polar surface area (TPSA) is 89.3 Å². The highest BCUT2D eigenvalue weighted by atomic mass is 35.5. The Morgan fingerprint density at radius 1 is 1.30 bits per heavy atom. The highest BCUT2D eigenvalue weighted by Crippen LogP contribution is 2.24. The number of hydrogen-bond acceptors (Lipinski definition) is 4. The predicted octanol–water partition coefficient (Wildman–Crippen LogP) is 2.61. The van der Waals surface area contributed by atoms with Gasteiger partial charge in [-0.2, -0.15) is 0 Å². The third kappa shape index (κ3) is 3.37. The zero-order chi connectivity index (χ0) is 14.9. The molecule has 0 aliphatic heterocycles. The maximum Gasteiger partial charge on any atom is 0.265 e. The molecule has 8 heteroatoms. The number of rotatable bonds is 3. The Kier molecular flexibility index (Phi) is 4.14. The van der Waals surface area contributed by atoms with Gasteiger partial charge in [0.2, 0.25) is 10.0 Å². The van der Waals surface area contributed by atoms with Crippen LogP contribution in [-0.2, 0) is 10.0 Å². The molecule has 1 amide bonds. The van der Waals surface area contributed by atoms with E-state index in [-0.39, 0.29) is 10.8 Å². The summed E-state index contributed by atoms with van der Waals surface area (Å²) in [6.45, 7) is 1.63. The lowest BCUT2D eigenvalue weighted by Crippen LogP contribution is -2.15. The van der Waals surface area contributed by atoms with E-state index in [9.17, 15) is 13.2 Å². The van der Waals surface area contributed by atoms with Crippen LogP contribution in [0.4, 0.5) is 5.69 Å². The molecule has 2 rings (SSSR count). The first-order chi connectivity index (χ1) is 9.27. The molecule has 20 heavy (non-hydrogen) atoms. The summed E-state index contributed by atoms with van der Waals surface area (Å²) in [6, 6.07) is 7.73. The Balaban J connectivity index is 2.29. The van der Waals surface area contributed by atoms with Gasteiger partial charge >= 0.3 is 0 Å². The molecule has 3 N–H and O–H groups in total. The van der Waals surface area contributed by atoms with E-state index in [4.69, 9.17) is 16.7 Å². The number of carbonyl (C=O) groups excluding carboxylic acids is 1.